The van der Waals surface area contributed by atoms with Gasteiger partial charge in [0.15, 0.2) is 17.0 Å². The molecule has 5 rings (SSSR count). The topological polar surface area (TPSA) is 249 Å². The van der Waals surface area contributed by atoms with E-state index in [0.29, 0.717) is 23.3 Å². The Bertz CT molecular complexity index is 2010. The number of carbonyl (C=O) groups excluding carboxylic acids is 3. The molecule has 54 heavy (non-hydrogen) atoms. The van der Waals surface area contributed by atoms with Gasteiger partial charge in [-0.2, -0.15) is 9.97 Å². The normalized spacial score (nSPS) is 14.3. The molecule has 8 N–H and O–H groups in total. The number of nitrogen functional groups attached to an aromatic ring is 2. The number of hydrogen-bond acceptors (Lipinski definition) is 13. The van der Waals surface area contributed by atoms with Gasteiger partial charge in [-0.15, -0.1) is 0 Å². The molecular weight excluding hydrogens is 694 g/mol. The molecule has 0 aliphatic heterocycles. The molecule has 1 aliphatic rings. The Hall–Kier alpha value is -6.06. The molecular formula is C38H47N9O7. The Kier molecular flexibility index (Phi) is 12.1. The van der Waals surface area contributed by atoms with Crippen LogP contribution in [-0.2, 0) is 32.1 Å². The Morgan fingerprint density at radius 1 is 0.981 bits per heavy atom. The van der Waals surface area contributed by atoms with Crippen molar-refractivity contribution in [3.8, 4) is 5.75 Å². The first-order chi connectivity index (χ1) is 25.6. The number of aromatic hydroxyl groups is 1. The number of carbonyl (C=O) groups is 4. The number of benzene rings is 2. The monoisotopic (exact) mass is 741 g/mol. The predicted octanol–water partition coefficient (Wildman–Crippen LogP) is 3.62. The second-order valence-corrected chi connectivity index (χ2v) is 14.5. The Balaban J connectivity index is 1.27. The number of phenols is 1. The number of carboxylic acid groups (broad SMARTS) is 1. The van der Waals surface area contributed by atoms with Gasteiger partial charge in [0.25, 0.3) is 5.91 Å². The number of ether oxygens (including phenoxy) is 1. The van der Waals surface area contributed by atoms with Crippen LogP contribution in [0.5, 0.6) is 5.75 Å². The summed E-state index contributed by atoms with van der Waals surface area (Å²) >= 11 is 0. The van der Waals surface area contributed by atoms with Crippen LogP contribution in [0.2, 0.25) is 0 Å². The van der Waals surface area contributed by atoms with Gasteiger partial charge in [-0.25, -0.2) is 14.8 Å². The summed E-state index contributed by atoms with van der Waals surface area (Å²) in [6.07, 6.45) is 5.17. The molecule has 2 aromatic heterocycles. The maximum absolute atomic E-state index is 13.7. The van der Waals surface area contributed by atoms with Crippen LogP contribution in [0.1, 0.15) is 92.4 Å². The van der Waals surface area contributed by atoms with Crippen molar-refractivity contribution in [3.05, 3.63) is 71.0 Å². The van der Waals surface area contributed by atoms with Crippen molar-refractivity contribution in [3.63, 3.8) is 0 Å². The second-order valence-electron chi connectivity index (χ2n) is 14.5. The molecule has 4 aromatic rings. The summed E-state index contributed by atoms with van der Waals surface area (Å²) in [6.45, 7) is 5.48. The minimum absolute atomic E-state index is 0.000908. The van der Waals surface area contributed by atoms with Crippen molar-refractivity contribution in [2.45, 2.75) is 95.9 Å². The molecule has 0 bridgehead atoms. The van der Waals surface area contributed by atoms with Gasteiger partial charge in [0.2, 0.25) is 11.9 Å². The van der Waals surface area contributed by atoms with E-state index in [9.17, 15) is 29.4 Å². The zero-order valence-corrected chi connectivity index (χ0v) is 30.8. The number of fused-ring (bicyclic) bond motifs is 1. The number of esters is 1. The number of nitrogens with one attached hydrogen (secondary N) is 2. The number of amides is 2. The van der Waals surface area contributed by atoms with Crippen molar-refractivity contribution in [2.24, 2.45) is 0 Å². The third-order valence-electron chi connectivity index (χ3n) is 9.09. The lowest BCUT2D eigenvalue weighted by atomic mass is 9.93. The number of hydrogen-bond donors (Lipinski definition) is 6. The predicted molar refractivity (Wildman–Crippen MR) is 201 cm³/mol. The van der Waals surface area contributed by atoms with Gasteiger partial charge >= 0.3 is 11.9 Å². The maximum atomic E-state index is 13.7. The molecule has 0 unspecified atom stereocenters. The van der Waals surface area contributed by atoms with E-state index in [1.54, 1.807) is 69.4 Å². The zero-order chi connectivity index (χ0) is 39.2. The fraction of sp³-hybridized carbons (Fsp3) is 0.421. The van der Waals surface area contributed by atoms with E-state index in [4.69, 9.17) is 16.2 Å². The van der Waals surface area contributed by atoms with Crippen LogP contribution in [0.15, 0.2) is 48.7 Å². The van der Waals surface area contributed by atoms with E-state index >= 15 is 0 Å². The highest BCUT2D eigenvalue weighted by molar-refractivity contribution is 5.98. The number of carboxylic acids is 1. The molecule has 0 radical (unpaired) electrons. The van der Waals surface area contributed by atoms with Crippen LogP contribution in [0.4, 0.5) is 17.5 Å². The summed E-state index contributed by atoms with van der Waals surface area (Å²) in [4.78, 5) is 70.8. The molecule has 2 aromatic carbocycles. The van der Waals surface area contributed by atoms with Gasteiger partial charge in [-0.05, 0) is 87.4 Å². The molecule has 286 valence electrons. The average molecular weight is 742 g/mol. The van der Waals surface area contributed by atoms with Gasteiger partial charge in [-0.1, -0.05) is 25.0 Å². The smallest absolute Gasteiger partial charge is 0.326 e. The van der Waals surface area contributed by atoms with E-state index in [1.165, 1.54) is 0 Å². The molecule has 2 amide bonds. The fourth-order valence-electron chi connectivity index (χ4n) is 6.43. The summed E-state index contributed by atoms with van der Waals surface area (Å²) in [5.74, 6) is -2.74. The van der Waals surface area contributed by atoms with Crippen LogP contribution in [-0.4, -0.2) is 78.6 Å². The Morgan fingerprint density at radius 2 is 1.69 bits per heavy atom. The van der Waals surface area contributed by atoms with E-state index in [-0.39, 0.29) is 53.9 Å². The lowest BCUT2D eigenvalue weighted by Crippen LogP contribution is -2.52. The largest absolute Gasteiger partial charge is 0.508 e. The fourth-order valence-corrected chi connectivity index (χ4v) is 6.43. The lowest BCUT2D eigenvalue weighted by Gasteiger charge is -2.23. The molecule has 1 fully saturated rings. The highest BCUT2D eigenvalue weighted by Crippen LogP contribution is 2.38. The second kappa shape index (κ2) is 16.7. The molecule has 16 nitrogen and oxygen atoms in total. The maximum Gasteiger partial charge on any atom is 0.326 e. The van der Waals surface area contributed by atoms with E-state index in [0.717, 1.165) is 36.9 Å². The summed E-state index contributed by atoms with van der Waals surface area (Å²) in [6, 6.07) is 8.98. The van der Waals surface area contributed by atoms with Crippen molar-refractivity contribution in [1.82, 2.24) is 30.6 Å². The first kappa shape index (κ1) is 39.2. The molecule has 2 atom stereocenters. The summed E-state index contributed by atoms with van der Waals surface area (Å²) in [7, 11) is 1.83. The molecule has 0 spiro atoms. The average Bonchev–Trinajstić information content (AvgIpc) is 3.65. The standard InChI is InChI=1S/C38H47N9O7/c1-38(2,3)54-30(49)16-14-27(35(51)44-28(36(52)53)18-21-9-15-29(48)26(17-21)22-7-5-6-8-22)43-34(50)23-10-12-25(13-11-23)47(4)20-24-19-41-33-31(42-24)32(39)45-37(40)46-33/h9-13,15,17,19,22,27-28,48H,5-8,14,16,18,20H2,1-4H3,(H,43,50)(H,44,51)(H,52,53)(H4,39,40,41,45,46)/t27-,28-/m0/s1. The van der Waals surface area contributed by atoms with E-state index in [2.05, 4.69) is 30.6 Å². The van der Waals surface area contributed by atoms with Crippen molar-refractivity contribution >= 4 is 52.4 Å². The van der Waals surface area contributed by atoms with Gasteiger partial charge < -0.3 is 42.0 Å². The van der Waals surface area contributed by atoms with Gasteiger partial charge in [0.1, 0.15) is 23.4 Å². The highest BCUT2D eigenvalue weighted by Gasteiger charge is 2.29. The summed E-state index contributed by atoms with van der Waals surface area (Å²) < 4.78 is 5.40. The van der Waals surface area contributed by atoms with Gasteiger partial charge in [-0.3, -0.25) is 14.4 Å². The van der Waals surface area contributed by atoms with Crippen LogP contribution >= 0.6 is 0 Å². The first-order valence-electron chi connectivity index (χ1n) is 17.8. The number of nitrogens with two attached hydrogens (primary N) is 2. The molecule has 16 heteroatoms. The van der Waals surface area contributed by atoms with Crippen molar-refractivity contribution in [1.29, 1.82) is 0 Å². The number of aromatic nitrogens is 4. The number of anilines is 3. The number of rotatable bonds is 14. The Labute approximate surface area is 312 Å². The van der Waals surface area contributed by atoms with E-state index in [1.807, 2.05) is 11.9 Å². The minimum Gasteiger partial charge on any atom is -0.508 e. The number of phenolic OH excluding ortho intramolecular Hbond substituents is 1. The zero-order valence-electron chi connectivity index (χ0n) is 30.8. The highest BCUT2D eigenvalue weighted by atomic mass is 16.6. The SMILES string of the molecule is CN(Cc1cnc2nc(N)nc(N)c2n1)c1ccc(C(=O)N[C@@H](CCC(=O)OC(C)(C)C)C(=O)N[C@@H](Cc2ccc(O)c(C3CCCC3)c2)C(=O)O)cc1. The minimum atomic E-state index is -1.34. The molecule has 1 aliphatic carbocycles. The van der Waals surface area contributed by atoms with Gasteiger partial charge in [0.05, 0.1) is 18.4 Å². The third-order valence-corrected chi connectivity index (χ3v) is 9.09. The van der Waals surface area contributed by atoms with Crippen LogP contribution < -0.4 is 27.0 Å². The van der Waals surface area contributed by atoms with E-state index < -0.39 is 41.4 Å². The molecule has 2 heterocycles. The Morgan fingerprint density at radius 3 is 2.35 bits per heavy atom. The quantitative estimate of drug-likeness (QED) is 0.101. The van der Waals surface area contributed by atoms with Crippen molar-refractivity contribution < 1.29 is 34.1 Å². The first-order valence-corrected chi connectivity index (χ1v) is 17.8. The number of nitrogens with zero attached hydrogens (tertiary/aromatic N) is 5. The molecule has 0 saturated heterocycles. The van der Waals surface area contributed by atoms with Crippen molar-refractivity contribution in [2.75, 3.05) is 23.4 Å². The summed E-state index contributed by atoms with van der Waals surface area (Å²) in [5.41, 5.74) is 14.4. The molecule has 1 saturated carbocycles. The number of aliphatic carboxylic acids is 1. The van der Waals surface area contributed by atoms with Crippen LogP contribution in [0.25, 0.3) is 11.2 Å². The lowest BCUT2D eigenvalue weighted by molar-refractivity contribution is -0.155. The van der Waals surface area contributed by atoms with Gasteiger partial charge in [0, 0.05) is 31.1 Å². The third kappa shape index (κ3) is 10.3. The summed E-state index contributed by atoms with van der Waals surface area (Å²) in [5, 5.41) is 25.8. The van der Waals surface area contributed by atoms with Crippen LogP contribution in [0, 0.1) is 0 Å². The van der Waals surface area contributed by atoms with Crippen LogP contribution in [0.3, 0.4) is 0 Å².